The second-order valence-electron chi connectivity index (χ2n) is 4.81. The number of nitrogens with zero attached hydrogens (tertiary/aromatic N) is 2. The fourth-order valence-corrected chi connectivity index (χ4v) is 2.82. The van der Waals surface area contributed by atoms with Crippen LogP contribution in [0.4, 0.5) is 0 Å². The van der Waals surface area contributed by atoms with Gasteiger partial charge in [0.1, 0.15) is 6.61 Å². The van der Waals surface area contributed by atoms with Crippen molar-refractivity contribution in [3.63, 3.8) is 0 Å². The zero-order chi connectivity index (χ0) is 13.8. The lowest BCUT2D eigenvalue weighted by molar-refractivity contribution is 0.120. The first-order chi connectivity index (χ1) is 9.84. The summed E-state index contributed by atoms with van der Waals surface area (Å²) in [6, 6.07) is 3.79. The number of likely N-dealkylation sites (tertiary alicyclic amines) is 1. The minimum Gasteiger partial charge on any atom is -0.454 e. The van der Waals surface area contributed by atoms with Crippen LogP contribution < -0.4 is 9.47 Å². The lowest BCUT2D eigenvalue weighted by Crippen LogP contribution is -2.23. The Morgan fingerprint density at radius 3 is 3.00 bits per heavy atom. The number of hydrogen-bond acceptors (Lipinski definition) is 5. The molecule has 0 radical (unpaired) electrons. The molecule has 2 aliphatic rings. The molecule has 2 aliphatic heterocycles. The van der Waals surface area contributed by atoms with E-state index < -0.39 is 0 Å². The summed E-state index contributed by atoms with van der Waals surface area (Å²) in [5.74, 6) is 1.46. The first kappa shape index (κ1) is 13.7. The predicted molar refractivity (Wildman–Crippen MR) is 79.5 cm³/mol. The molecule has 1 saturated heterocycles. The Morgan fingerprint density at radius 2 is 2.15 bits per heavy atom. The summed E-state index contributed by atoms with van der Waals surface area (Å²) in [5.41, 5.74) is 0.848. The smallest absolute Gasteiger partial charge is 0.231 e. The Hall–Kier alpha value is -1.27. The van der Waals surface area contributed by atoms with Crippen LogP contribution in [0.2, 0.25) is 0 Å². The number of hydrogen-bond donors (Lipinski definition) is 0. The molecule has 0 aliphatic carbocycles. The van der Waals surface area contributed by atoms with E-state index in [4.69, 9.17) is 14.3 Å². The minimum absolute atomic E-state index is 0.252. The summed E-state index contributed by atoms with van der Waals surface area (Å²) in [4.78, 5) is 7.72. The molecule has 0 bridgehead atoms. The Kier molecular flexibility index (Phi) is 4.42. The molecular formula is C14H17BrN2O3. The Labute approximate surface area is 126 Å². The molecule has 0 atom stereocenters. The summed E-state index contributed by atoms with van der Waals surface area (Å²) in [6.07, 6.45) is 4.26. The number of halogens is 1. The van der Waals surface area contributed by atoms with E-state index in [1.54, 1.807) is 6.21 Å². The summed E-state index contributed by atoms with van der Waals surface area (Å²) >= 11 is 3.48. The number of ether oxygens (including phenoxy) is 2. The van der Waals surface area contributed by atoms with Crippen molar-refractivity contribution in [2.75, 3.05) is 33.0 Å². The summed E-state index contributed by atoms with van der Waals surface area (Å²) in [5, 5.41) is 4.02. The van der Waals surface area contributed by atoms with Crippen LogP contribution in [0.1, 0.15) is 18.4 Å². The topological polar surface area (TPSA) is 43.3 Å². The molecule has 6 heteroatoms. The highest BCUT2D eigenvalue weighted by atomic mass is 79.9. The van der Waals surface area contributed by atoms with Gasteiger partial charge in [-0.1, -0.05) is 5.16 Å². The average molecular weight is 341 g/mol. The molecule has 5 nitrogen and oxygen atoms in total. The van der Waals surface area contributed by atoms with E-state index in [2.05, 4.69) is 26.0 Å². The van der Waals surface area contributed by atoms with Crippen LogP contribution in [0.15, 0.2) is 21.8 Å². The zero-order valence-corrected chi connectivity index (χ0v) is 12.8. The number of benzene rings is 1. The van der Waals surface area contributed by atoms with Gasteiger partial charge in [0.2, 0.25) is 6.79 Å². The van der Waals surface area contributed by atoms with Crippen molar-refractivity contribution in [3.05, 3.63) is 22.2 Å². The fourth-order valence-electron chi connectivity index (χ4n) is 2.41. The molecule has 0 unspecified atom stereocenters. The summed E-state index contributed by atoms with van der Waals surface area (Å²) in [6.45, 7) is 4.15. The van der Waals surface area contributed by atoms with E-state index in [0.29, 0.717) is 12.4 Å². The molecule has 0 aromatic heterocycles. The van der Waals surface area contributed by atoms with Crippen molar-refractivity contribution in [1.29, 1.82) is 0 Å². The number of fused-ring (bicyclic) bond motifs is 1. The summed E-state index contributed by atoms with van der Waals surface area (Å²) < 4.78 is 11.7. The molecule has 0 N–H and O–H groups in total. The van der Waals surface area contributed by atoms with Gasteiger partial charge in [-0.25, -0.2) is 0 Å². The zero-order valence-electron chi connectivity index (χ0n) is 11.2. The van der Waals surface area contributed by atoms with Crippen molar-refractivity contribution in [2.24, 2.45) is 5.16 Å². The van der Waals surface area contributed by atoms with E-state index >= 15 is 0 Å². The summed E-state index contributed by atoms with van der Waals surface area (Å²) in [7, 11) is 0. The van der Waals surface area contributed by atoms with Crippen LogP contribution in [0, 0.1) is 0 Å². The lowest BCUT2D eigenvalue weighted by Gasteiger charge is -2.12. The SMILES string of the molecule is Brc1ccc2c(c1/C=N/OCCN1CCCC1)OCO2. The largest absolute Gasteiger partial charge is 0.454 e. The monoisotopic (exact) mass is 340 g/mol. The maximum absolute atomic E-state index is 5.44. The van der Waals surface area contributed by atoms with E-state index in [-0.39, 0.29) is 6.79 Å². The van der Waals surface area contributed by atoms with Crippen LogP contribution >= 0.6 is 15.9 Å². The highest BCUT2D eigenvalue weighted by Crippen LogP contribution is 2.38. The van der Waals surface area contributed by atoms with Gasteiger partial charge in [-0.05, 0) is 54.0 Å². The van der Waals surface area contributed by atoms with Crippen LogP contribution in [0.3, 0.4) is 0 Å². The Bertz CT molecular complexity index is 501. The molecule has 3 rings (SSSR count). The van der Waals surface area contributed by atoms with E-state index in [1.807, 2.05) is 12.1 Å². The first-order valence-electron chi connectivity index (χ1n) is 6.80. The molecule has 1 aromatic carbocycles. The standard InChI is InChI=1S/C14H17BrN2O3/c15-12-3-4-13-14(19-10-18-13)11(12)9-16-20-8-7-17-5-1-2-6-17/h3-4,9H,1-2,5-8,10H2/b16-9+. The molecule has 2 heterocycles. The van der Waals surface area contributed by atoms with Gasteiger partial charge in [-0.15, -0.1) is 0 Å². The van der Waals surface area contributed by atoms with E-state index in [9.17, 15) is 0 Å². The van der Waals surface area contributed by atoms with Gasteiger partial charge in [0.05, 0.1) is 11.8 Å². The van der Waals surface area contributed by atoms with Crippen molar-refractivity contribution < 1.29 is 14.3 Å². The van der Waals surface area contributed by atoms with Crippen molar-refractivity contribution in [2.45, 2.75) is 12.8 Å². The van der Waals surface area contributed by atoms with Gasteiger partial charge < -0.3 is 14.3 Å². The molecule has 0 spiro atoms. The lowest BCUT2D eigenvalue weighted by atomic mass is 10.2. The van der Waals surface area contributed by atoms with Gasteiger partial charge in [-0.3, -0.25) is 4.90 Å². The first-order valence-corrected chi connectivity index (χ1v) is 7.60. The second-order valence-corrected chi connectivity index (χ2v) is 5.67. The van der Waals surface area contributed by atoms with Crippen molar-refractivity contribution in [3.8, 4) is 11.5 Å². The van der Waals surface area contributed by atoms with Crippen molar-refractivity contribution in [1.82, 2.24) is 4.90 Å². The van der Waals surface area contributed by atoms with Crippen molar-refractivity contribution >= 4 is 22.1 Å². The fraction of sp³-hybridized carbons (Fsp3) is 0.500. The van der Waals surface area contributed by atoms with Crippen LogP contribution in [0.25, 0.3) is 0 Å². The third kappa shape index (κ3) is 3.07. The van der Waals surface area contributed by atoms with E-state index in [0.717, 1.165) is 22.3 Å². The third-order valence-corrected chi connectivity index (χ3v) is 4.17. The number of oxime groups is 1. The van der Waals surface area contributed by atoms with Crippen LogP contribution in [-0.2, 0) is 4.84 Å². The predicted octanol–water partition coefficient (Wildman–Crippen LogP) is 2.62. The Balaban J connectivity index is 1.54. The van der Waals surface area contributed by atoms with Gasteiger partial charge >= 0.3 is 0 Å². The van der Waals surface area contributed by atoms with Gasteiger partial charge in [0, 0.05) is 11.0 Å². The van der Waals surface area contributed by atoms with Crippen LogP contribution in [0.5, 0.6) is 11.5 Å². The molecule has 1 aromatic rings. The highest BCUT2D eigenvalue weighted by Gasteiger charge is 2.19. The maximum atomic E-state index is 5.44. The van der Waals surface area contributed by atoms with Gasteiger partial charge in [-0.2, -0.15) is 0 Å². The molecule has 0 amide bonds. The molecule has 20 heavy (non-hydrogen) atoms. The van der Waals surface area contributed by atoms with Crippen LogP contribution in [-0.4, -0.2) is 44.1 Å². The molecular weight excluding hydrogens is 324 g/mol. The maximum Gasteiger partial charge on any atom is 0.231 e. The Morgan fingerprint density at radius 1 is 1.30 bits per heavy atom. The third-order valence-electron chi connectivity index (χ3n) is 3.48. The minimum atomic E-state index is 0.252. The van der Waals surface area contributed by atoms with E-state index in [1.165, 1.54) is 25.9 Å². The quantitative estimate of drug-likeness (QED) is 0.469. The highest BCUT2D eigenvalue weighted by molar-refractivity contribution is 9.10. The number of rotatable bonds is 5. The second kappa shape index (κ2) is 6.45. The molecule has 1 fully saturated rings. The normalized spacial score (nSPS) is 18.1. The van der Waals surface area contributed by atoms with Gasteiger partial charge in [0.15, 0.2) is 11.5 Å². The molecule has 0 saturated carbocycles. The molecule has 108 valence electrons. The average Bonchev–Trinajstić information content (AvgIpc) is 3.11. The van der Waals surface area contributed by atoms with Gasteiger partial charge in [0.25, 0.3) is 0 Å².